The summed E-state index contributed by atoms with van der Waals surface area (Å²) in [6.45, 7) is 5.66. The third-order valence-electron chi connectivity index (χ3n) is 5.30. The molecule has 7 heteroatoms. The van der Waals surface area contributed by atoms with Crippen LogP contribution in [0.1, 0.15) is 42.2 Å². The minimum atomic E-state index is -0.385. The third kappa shape index (κ3) is 5.60. The molecule has 1 aliphatic rings. The molecule has 2 aromatic carbocycles. The number of nitrogens with zero attached hydrogens (tertiary/aromatic N) is 2. The van der Waals surface area contributed by atoms with E-state index in [9.17, 15) is 14.4 Å². The molecule has 6 nitrogen and oxygen atoms in total. The van der Waals surface area contributed by atoms with Gasteiger partial charge in [-0.15, -0.1) is 0 Å². The van der Waals surface area contributed by atoms with Crippen LogP contribution in [0, 0.1) is 0 Å². The number of piperazine rings is 1. The monoisotopic (exact) mass is 427 g/mol. The Kier molecular flexibility index (Phi) is 7.11. The van der Waals surface area contributed by atoms with E-state index >= 15 is 0 Å². The molecule has 2 amide bonds. The van der Waals surface area contributed by atoms with E-state index in [2.05, 4.69) is 10.2 Å². The number of carbonyl (C=O) groups excluding carboxylic acids is 3. The van der Waals surface area contributed by atoms with E-state index in [0.717, 1.165) is 24.3 Å². The number of carbonyl (C=O) groups is 3. The van der Waals surface area contributed by atoms with Gasteiger partial charge in [0.2, 0.25) is 11.8 Å². The zero-order valence-electron chi connectivity index (χ0n) is 17.2. The Morgan fingerprint density at radius 2 is 1.53 bits per heavy atom. The quantitative estimate of drug-likeness (QED) is 0.717. The summed E-state index contributed by atoms with van der Waals surface area (Å²) < 4.78 is 0. The Bertz CT molecular complexity index is 904. The molecule has 0 radical (unpaired) electrons. The van der Waals surface area contributed by atoms with Gasteiger partial charge in [0.25, 0.3) is 0 Å². The van der Waals surface area contributed by atoms with Crippen LogP contribution in [0.2, 0.25) is 5.02 Å². The van der Waals surface area contributed by atoms with Crippen molar-refractivity contribution >= 4 is 34.9 Å². The molecule has 158 valence electrons. The second kappa shape index (κ2) is 9.76. The van der Waals surface area contributed by atoms with Crippen LogP contribution in [0.3, 0.4) is 0 Å². The third-order valence-corrected chi connectivity index (χ3v) is 5.55. The van der Waals surface area contributed by atoms with E-state index in [1.165, 1.54) is 6.92 Å². The predicted octanol–water partition coefficient (Wildman–Crippen LogP) is 3.46. The van der Waals surface area contributed by atoms with Gasteiger partial charge >= 0.3 is 0 Å². The molecule has 30 heavy (non-hydrogen) atoms. The Morgan fingerprint density at radius 1 is 0.933 bits per heavy atom. The molecular formula is C23H26ClN3O3. The van der Waals surface area contributed by atoms with Crippen LogP contribution in [0.4, 0.5) is 5.69 Å². The zero-order valence-corrected chi connectivity index (χ0v) is 18.0. The molecule has 1 fully saturated rings. The van der Waals surface area contributed by atoms with Gasteiger partial charge in [-0.25, -0.2) is 0 Å². The van der Waals surface area contributed by atoms with E-state index in [1.54, 1.807) is 19.1 Å². The lowest BCUT2D eigenvalue weighted by Crippen LogP contribution is -2.49. The van der Waals surface area contributed by atoms with Gasteiger partial charge in [-0.05, 0) is 48.9 Å². The van der Waals surface area contributed by atoms with Crippen molar-refractivity contribution in [1.82, 2.24) is 10.2 Å². The summed E-state index contributed by atoms with van der Waals surface area (Å²) in [5.41, 5.74) is 2.59. The fourth-order valence-corrected chi connectivity index (χ4v) is 3.74. The Labute approximate surface area is 181 Å². The normalized spacial score (nSPS) is 14.9. The molecule has 3 rings (SSSR count). The van der Waals surface area contributed by atoms with Gasteiger partial charge in [-0.3, -0.25) is 14.4 Å². The maximum atomic E-state index is 12.9. The fraction of sp³-hybridized carbons (Fsp3) is 0.348. The topological polar surface area (TPSA) is 69.7 Å². The highest BCUT2D eigenvalue weighted by Gasteiger charge is 2.25. The highest BCUT2D eigenvalue weighted by Crippen LogP contribution is 2.22. The van der Waals surface area contributed by atoms with Crippen molar-refractivity contribution in [3.8, 4) is 0 Å². The molecule has 1 aliphatic heterocycles. The van der Waals surface area contributed by atoms with E-state index < -0.39 is 0 Å². The molecule has 0 bridgehead atoms. The van der Waals surface area contributed by atoms with Crippen LogP contribution >= 0.6 is 11.6 Å². The van der Waals surface area contributed by atoms with E-state index in [-0.39, 0.29) is 30.1 Å². The number of hydrogen-bond donors (Lipinski definition) is 1. The summed E-state index contributed by atoms with van der Waals surface area (Å²) in [5, 5.41) is 3.48. The van der Waals surface area contributed by atoms with Crippen LogP contribution in [-0.4, -0.2) is 48.7 Å². The molecule has 0 unspecified atom stereocenters. The number of anilines is 1. The van der Waals surface area contributed by atoms with Gasteiger partial charge in [0.05, 0.1) is 12.5 Å². The van der Waals surface area contributed by atoms with E-state index in [1.807, 2.05) is 41.3 Å². The molecule has 0 aromatic heterocycles. The summed E-state index contributed by atoms with van der Waals surface area (Å²) in [5.74, 6) is -0.122. The molecule has 1 heterocycles. The summed E-state index contributed by atoms with van der Waals surface area (Å²) in [6.07, 6.45) is 0.203. The standard InChI is InChI=1S/C23H26ClN3O3/c1-16(28)18-5-9-21(10-6-18)26-11-13-27(14-12-26)23(30)15-22(25-17(2)29)19-3-7-20(24)8-4-19/h3-10,22H,11-15H2,1-2H3,(H,25,29)/t22-/m0/s1. The minimum absolute atomic E-state index is 0.00952. The molecule has 1 atom stereocenters. The summed E-state index contributed by atoms with van der Waals surface area (Å²) in [4.78, 5) is 40.0. The molecular weight excluding hydrogens is 402 g/mol. The SMILES string of the molecule is CC(=O)N[C@@H](CC(=O)N1CCN(c2ccc(C(C)=O)cc2)CC1)c1ccc(Cl)cc1. The van der Waals surface area contributed by atoms with Crippen molar-refractivity contribution in [2.45, 2.75) is 26.3 Å². The molecule has 0 aliphatic carbocycles. The fourth-order valence-electron chi connectivity index (χ4n) is 3.62. The largest absolute Gasteiger partial charge is 0.368 e. The van der Waals surface area contributed by atoms with Crippen LogP contribution in [-0.2, 0) is 9.59 Å². The lowest BCUT2D eigenvalue weighted by molar-refractivity contribution is -0.132. The van der Waals surface area contributed by atoms with Crippen LogP contribution in [0.5, 0.6) is 0 Å². The van der Waals surface area contributed by atoms with Gasteiger partial charge in [0.15, 0.2) is 5.78 Å². The first-order valence-electron chi connectivity index (χ1n) is 10.00. The number of halogens is 1. The van der Waals surface area contributed by atoms with Crippen molar-refractivity contribution in [2.75, 3.05) is 31.1 Å². The number of ketones is 1. The van der Waals surface area contributed by atoms with Crippen molar-refractivity contribution in [3.63, 3.8) is 0 Å². The first kappa shape index (κ1) is 21.8. The van der Waals surface area contributed by atoms with Crippen molar-refractivity contribution in [2.24, 2.45) is 0 Å². The number of Topliss-reactive ketones (excluding diaryl/α,β-unsaturated/α-hetero) is 1. The van der Waals surface area contributed by atoms with Gasteiger partial charge in [-0.2, -0.15) is 0 Å². The minimum Gasteiger partial charge on any atom is -0.368 e. The van der Waals surface area contributed by atoms with Crippen molar-refractivity contribution < 1.29 is 14.4 Å². The second-order valence-corrected chi connectivity index (χ2v) is 7.92. The Morgan fingerprint density at radius 3 is 2.07 bits per heavy atom. The highest BCUT2D eigenvalue weighted by molar-refractivity contribution is 6.30. The van der Waals surface area contributed by atoms with Crippen molar-refractivity contribution in [1.29, 1.82) is 0 Å². The first-order valence-corrected chi connectivity index (χ1v) is 10.4. The predicted molar refractivity (Wildman–Crippen MR) is 118 cm³/mol. The first-order chi connectivity index (χ1) is 14.3. The van der Waals surface area contributed by atoms with Crippen molar-refractivity contribution in [3.05, 3.63) is 64.7 Å². The second-order valence-electron chi connectivity index (χ2n) is 7.48. The Balaban J connectivity index is 1.59. The van der Waals surface area contributed by atoms with Crippen LogP contribution in [0.15, 0.2) is 48.5 Å². The summed E-state index contributed by atoms with van der Waals surface area (Å²) >= 11 is 5.95. The van der Waals surface area contributed by atoms with Gasteiger partial charge in [0, 0.05) is 49.4 Å². The molecule has 0 saturated carbocycles. The highest BCUT2D eigenvalue weighted by atomic mass is 35.5. The Hall–Kier alpha value is -2.86. The van der Waals surface area contributed by atoms with Crippen LogP contribution < -0.4 is 10.2 Å². The summed E-state index contributed by atoms with van der Waals surface area (Å²) in [6, 6.07) is 14.3. The maximum Gasteiger partial charge on any atom is 0.225 e. The molecule has 2 aromatic rings. The average molecular weight is 428 g/mol. The number of amides is 2. The van der Waals surface area contributed by atoms with Gasteiger partial charge in [-0.1, -0.05) is 23.7 Å². The maximum absolute atomic E-state index is 12.9. The number of nitrogens with one attached hydrogen (secondary N) is 1. The van der Waals surface area contributed by atoms with E-state index in [4.69, 9.17) is 11.6 Å². The molecule has 0 spiro atoms. The molecule has 1 saturated heterocycles. The van der Waals surface area contributed by atoms with Gasteiger partial charge < -0.3 is 15.1 Å². The average Bonchev–Trinajstić information content (AvgIpc) is 2.73. The molecule has 1 N–H and O–H groups in total. The van der Waals surface area contributed by atoms with E-state index in [0.29, 0.717) is 23.7 Å². The van der Waals surface area contributed by atoms with Gasteiger partial charge in [0.1, 0.15) is 0 Å². The smallest absolute Gasteiger partial charge is 0.225 e. The zero-order chi connectivity index (χ0) is 21.7. The number of hydrogen-bond acceptors (Lipinski definition) is 4. The summed E-state index contributed by atoms with van der Waals surface area (Å²) in [7, 11) is 0. The lowest BCUT2D eigenvalue weighted by atomic mass is 10.0. The lowest BCUT2D eigenvalue weighted by Gasteiger charge is -2.36. The number of rotatable bonds is 6. The van der Waals surface area contributed by atoms with Crippen LogP contribution in [0.25, 0.3) is 0 Å². The number of benzene rings is 2.